The summed E-state index contributed by atoms with van der Waals surface area (Å²) in [4.78, 5) is 22.0. The smallest absolute Gasteiger partial charge is 0.344 e. The first-order valence-electron chi connectivity index (χ1n) is 5.37. The molecule has 0 unspecified atom stereocenters. The number of carbonyl (C=O) groups is 2. The minimum atomic E-state index is -0.477. The molecule has 0 spiro atoms. The first-order valence-corrected chi connectivity index (χ1v) is 5.37. The van der Waals surface area contributed by atoms with Crippen molar-refractivity contribution in [3.63, 3.8) is 0 Å². The van der Waals surface area contributed by atoms with E-state index in [1.54, 1.807) is 0 Å². The molecule has 0 atom stereocenters. The summed E-state index contributed by atoms with van der Waals surface area (Å²) in [6, 6.07) is 0. The van der Waals surface area contributed by atoms with Gasteiger partial charge in [0, 0.05) is 6.42 Å². The van der Waals surface area contributed by atoms with E-state index < -0.39 is 5.97 Å². The molecule has 4 nitrogen and oxygen atoms in total. The van der Waals surface area contributed by atoms with E-state index in [0.717, 1.165) is 12.8 Å². The Morgan fingerprint density at radius 2 is 1.80 bits per heavy atom. The van der Waals surface area contributed by atoms with E-state index in [2.05, 4.69) is 0 Å². The zero-order valence-corrected chi connectivity index (χ0v) is 9.75. The summed E-state index contributed by atoms with van der Waals surface area (Å²) < 4.78 is 9.49. The van der Waals surface area contributed by atoms with Crippen molar-refractivity contribution in [3.05, 3.63) is 0 Å². The van der Waals surface area contributed by atoms with Crippen molar-refractivity contribution in [1.29, 1.82) is 0 Å². The van der Waals surface area contributed by atoms with Crippen LogP contribution in [-0.2, 0) is 19.1 Å². The van der Waals surface area contributed by atoms with Gasteiger partial charge in [0.2, 0.25) is 0 Å². The van der Waals surface area contributed by atoms with E-state index in [-0.39, 0.29) is 12.6 Å². The lowest BCUT2D eigenvalue weighted by Gasteiger charge is -2.06. The highest BCUT2D eigenvalue weighted by Crippen LogP contribution is 2.04. The van der Waals surface area contributed by atoms with Gasteiger partial charge in [-0.15, -0.1) is 0 Å². The average Bonchev–Trinajstić information content (AvgIpc) is 2.20. The van der Waals surface area contributed by atoms with Gasteiger partial charge >= 0.3 is 11.9 Å². The van der Waals surface area contributed by atoms with E-state index in [0.29, 0.717) is 18.9 Å². The number of rotatable bonds is 7. The van der Waals surface area contributed by atoms with Crippen LogP contribution in [0.2, 0.25) is 0 Å². The summed E-state index contributed by atoms with van der Waals surface area (Å²) in [6.07, 6.45) is 1.91. The van der Waals surface area contributed by atoms with Crippen LogP contribution in [0.25, 0.3) is 0 Å². The minimum absolute atomic E-state index is 0.267. The van der Waals surface area contributed by atoms with E-state index in [9.17, 15) is 9.59 Å². The summed E-state index contributed by atoms with van der Waals surface area (Å²) in [6.45, 7) is 6.08. The maximum atomic E-state index is 11.1. The molecule has 0 aromatic rings. The molecule has 0 fully saturated rings. The Morgan fingerprint density at radius 1 is 1.13 bits per heavy atom. The summed E-state index contributed by atoms with van der Waals surface area (Å²) in [5, 5.41) is 0. The van der Waals surface area contributed by atoms with Crippen molar-refractivity contribution in [2.24, 2.45) is 5.92 Å². The second kappa shape index (κ2) is 8.26. The van der Waals surface area contributed by atoms with Gasteiger partial charge in [0.25, 0.3) is 0 Å². The number of carbonyl (C=O) groups excluding carboxylic acids is 2. The van der Waals surface area contributed by atoms with Crippen molar-refractivity contribution in [2.45, 2.75) is 40.0 Å². The van der Waals surface area contributed by atoms with E-state index >= 15 is 0 Å². The molecule has 0 aromatic carbocycles. The first-order chi connectivity index (χ1) is 7.06. The van der Waals surface area contributed by atoms with Crippen molar-refractivity contribution in [3.8, 4) is 0 Å². The predicted molar refractivity (Wildman–Crippen MR) is 56.3 cm³/mol. The number of ether oxygens (including phenoxy) is 2. The van der Waals surface area contributed by atoms with Gasteiger partial charge in [-0.1, -0.05) is 20.8 Å². The van der Waals surface area contributed by atoms with Crippen LogP contribution in [0.3, 0.4) is 0 Å². The van der Waals surface area contributed by atoms with Gasteiger partial charge in [0.15, 0.2) is 6.61 Å². The lowest BCUT2D eigenvalue weighted by molar-refractivity contribution is -0.158. The molecule has 0 aliphatic carbocycles. The van der Waals surface area contributed by atoms with Gasteiger partial charge in [-0.05, 0) is 18.8 Å². The lowest BCUT2D eigenvalue weighted by Crippen LogP contribution is -2.17. The van der Waals surface area contributed by atoms with Gasteiger partial charge in [-0.3, -0.25) is 4.79 Å². The van der Waals surface area contributed by atoms with Crippen LogP contribution < -0.4 is 0 Å². The maximum Gasteiger partial charge on any atom is 0.344 e. The van der Waals surface area contributed by atoms with Crippen molar-refractivity contribution in [1.82, 2.24) is 0 Å². The first kappa shape index (κ1) is 13.9. The molecule has 0 saturated heterocycles. The molecule has 0 aromatic heterocycles. The highest BCUT2D eigenvalue weighted by molar-refractivity contribution is 5.76. The molecule has 88 valence electrons. The Morgan fingerprint density at radius 3 is 2.33 bits per heavy atom. The highest BCUT2D eigenvalue weighted by atomic mass is 16.6. The quantitative estimate of drug-likeness (QED) is 0.610. The standard InChI is InChI=1S/C11H20O4/c1-4-7-14-11(13)8-15-10(12)6-5-9(2)3/h9H,4-8H2,1-3H3. The number of hydrogen-bond acceptors (Lipinski definition) is 4. The van der Waals surface area contributed by atoms with Crippen LogP contribution in [0.4, 0.5) is 0 Å². The SMILES string of the molecule is CCCOC(=O)COC(=O)CCC(C)C. The Hall–Kier alpha value is -1.06. The molecule has 0 saturated carbocycles. The van der Waals surface area contributed by atoms with Gasteiger partial charge < -0.3 is 9.47 Å². The van der Waals surface area contributed by atoms with Crippen LogP contribution in [0.1, 0.15) is 40.0 Å². The second-order valence-electron chi connectivity index (χ2n) is 3.81. The van der Waals surface area contributed by atoms with Crippen LogP contribution in [0.15, 0.2) is 0 Å². The Bertz CT molecular complexity index is 199. The fraction of sp³-hybridized carbons (Fsp3) is 0.818. The van der Waals surface area contributed by atoms with Crippen LogP contribution in [-0.4, -0.2) is 25.2 Å². The van der Waals surface area contributed by atoms with E-state index in [1.807, 2.05) is 20.8 Å². The van der Waals surface area contributed by atoms with Gasteiger partial charge in [0.1, 0.15) is 0 Å². The predicted octanol–water partition coefficient (Wildman–Crippen LogP) is 1.92. The molecule has 0 aliphatic heterocycles. The summed E-state index contributed by atoms with van der Waals surface area (Å²) in [7, 11) is 0. The third-order valence-electron chi connectivity index (χ3n) is 1.74. The zero-order valence-electron chi connectivity index (χ0n) is 9.75. The van der Waals surface area contributed by atoms with E-state index in [1.165, 1.54) is 0 Å². The third kappa shape index (κ3) is 9.25. The Kier molecular flexibility index (Phi) is 7.68. The molecule has 0 heterocycles. The third-order valence-corrected chi connectivity index (χ3v) is 1.74. The largest absolute Gasteiger partial charge is 0.463 e. The fourth-order valence-electron chi connectivity index (χ4n) is 0.876. The number of esters is 2. The Labute approximate surface area is 90.9 Å². The molecule has 0 aliphatic rings. The van der Waals surface area contributed by atoms with Crippen LogP contribution in [0, 0.1) is 5.92 Å². The molecule has 0 N–H and O–H groups in total. The van der Waals surface area contributed by atoms with Crippen molar-refractivity contribution < 1.29 is 19.1 Å². The van der Waals surface area contributed by atoms with Gasteiger partial charge in [-0.2, -0.15) is 0 Å². The molecule has 0 rings (SSSR count). The zero-order chi connectivity index (χ0) is 11.7. The monoisotopic (exact) mass is 216 g/mol. The molecular weight excluding hydrogens is 196 g/mol. The average molecular weight is 216 g/mol. The van der Waals surface area contributed by atoms with E-state index in [4.69, 9.17) is 9.47 Å². The summed E-state index contributed by atoms with van der Waals surface area (Å²) >= 11 is 0. The molecule has 0 bridgehead atoms. The lowest BCUT2D eigenvalue weighted by atomic mass is 10.1. The van der Waals surface area contributed by atoms with Crippen LogP contribution >= 0.6 is 0 Å². The minimum Gasteiger partial charge on any atom is -0.463 e. The summed E-state index contributed by atoms with van der Waals surface area (Å²) in [5.41, 5.74) is 0. The molecular formula is C11H20O4. The van der Waals surface area contributed by atoms with Gasteiger partial charge in [0.05, 0.1) is 6.61 Å². The van der Waals surface area contributed by atoms with Crippen LogP contribution in [0.5, 0.6) is 0 Å². The van der Waals surface area contributed by atoms with Crippen molar-refractivity contribution in [2.75, 3.05) is 13.2 Å². The fourth-order valence-corrected chi connectivity index (χ4v) is 0.876. The molecule has 4 heteroatoms. The normalized spacial score (nSPS) is 10.1. The molecule has 0 radical (unpaired) electrons. The number of hydrogen-bond donors (Lipinski definition) is 0. The topological polar surface area (TPSA) is 52.6 Å². The Balaban J connectivity index is 3.49. The van der Waals surface area contributed by atoms with Gasteiger partial charge in [-0.25, -0.2) is 4.79 Å². The molecule has 0 amide bonds. The molecule has 15 heavy (non-hydrogen) atoms. The summed E-state index contributed by atoms with van der Waals surface area (Å²) in [5.74, 6) is -0.350. The maximum absolute atomic E-state index is 11.1. The second-order valence-corrected chi connectivity index (χ2v) is 3.81. The van der Waals surface area contributed by atoms with Crippen molar-refractivity contribution >= 4 is 11.9 Å². The highest BCUT2D eigenvalue weighted by Gasteiger charge is 2.08.